The number of unbranched alkanes of at least 4 members (excludes halogenated alkanes) is 1. The molecule has 5 nitrogen and oxygen atoms in total. The minimum atomic E-state index is -0.266. The van der Waals surface area contributed by atoms with Gasteiger partial charge in [-0.15, -0.1) is 0 Å². The van der Waals surface area contributed by atoms with Gasteiger partial charge in [-0.25, -0.2) is 0 Å². The highest BCUT2D eigenvalue weighted by molar-refractivity contribution is 6.06. The molecule has 138 valence electrons. The molecule has 0 spiro atoms. The Morgan fingerprint density at radius 2 is 1.69 bits per heavy atom. The first-order valence-corrected chi connectivity index (χ1v) is 9.01. The molecule has 0 unspecified atom stereocenters. The van der Waals surface area contributed by atoms with Gasteiger partial charge in [0.05, 0.1) is 5.56 Å². The van der Waals surface area contributed by atoms with Crippen molar-refractivity contribution in [1.29, 1.82) is 0 Å². The van der Waals surface area contributed by atoms with Crippen LogP contribution in [-0.4, -0.2) is 36.4 Å². The van der Waals surface area contributed by atoms with Gasteiger partial charge in [0, 0.05) is 18.8 Å². The number of rotatable bonds is 9. The van der Waals surface area contributed by atoms with Gasteiger partial charge in [-0.1, -0.05) is 43.7 Å². The molecule has 5 heteroatoms. The minimum Gasteiger partial charge on any atom is -0.483 e. The summed E-state index contributed by atoms with van der Waals surface area (Å²) in [6.45, 7) is 5.35. The highest BCUT2D eigenvalue weighted by Crippen LogP contribution is 2.20. The van der Waals surface area contributed by atoms with Crippen LogP contribution in [-0.2, 0) is 4.79 Å². The van der Waals surface area contributed by atoms with Crippen LogP contribution in [0.15, 0.2) is 54.6 Å². The van der Waals surface area contributed by atoms with E-state index in [4.69, 9.17) is 4.74 Å². The standard InChI is InChI=1S/C21H26N2O3/c1-3-5-15-23(4-2)20(24)16-26-19-14-10-9-13-18(19)21(25)22-17-11-7-6-8-12-17/h6-14H,3-5,15-16H2,1-2H3,(H,22,25). The van der Waals surface area contributed by atoms with Crippen molar-refractivity contribution in [3.63, 3.8) is 0 Å². The Labute approximate surface area is 155 Å². The Hall–Kier alpha value is -2.82. The summed E-state index contributed by atoms with van der Waals surface area (Å²) < 4.78 is 5.67. The molecule has 0 saturated heterocycles. The van der Waals surface area contributed by atoms with E-state index in [9.17, 15) is 9.59 Å². The zero-order chi connectivity index (χ0) is 18.8. The highest BCUT2D eigenvalue weighted by Gasteiger charge is 2.16. The van der Waals surface area contributed by atoms with Gasteiger partial charge in [-0.3, -0.25) is 9.59 Å². The van der Waals surface area contributed by atoms with Crippen molar-refractivity contribution in [3.8, 4) is 5.75 Å². The monoisotopic (exact) mass is 354 g/mol. The van der Waals surface area contributed by atoms with E-state index in [1.165, 1.54) is 0 Å². The average molecular weight is 354 g/mol. The number of nitrogens with one attached hydrogen (secondary N) is 1. The third-order valence-corrected chi connectivity index (χ3v) is 4.03. The number of likely N-dealkylation sites (N-methyl/N-ethyl adjacent to an activating group) is 1. The molecule has 0 aliphatic rings. The van der Waals surface area contributed by atoms with Crippen molar-refractivity contribution in [1.82, 2.24) is 4.90 Å². The summed E-state index contributed by atoms with van der Waals surface area (Å²) in [7, 11) is 0. The number of nitrogens with zero attached hydrogens (tertiary/aromatic N) is 1. The maximum absolute atomic E-state index is 12.5. The Morgan fingerprint density at radius 3 is 2.38 bits per heavy atom. The lowest BCUT2D eigenvalue weighted by atomic mass is 10.2. The zero-order valence-electron chi connectivity index (χ0n) is 15.4. The Kier molecular flexibility index (Phi) is 7.68. The second-order valence-electron chi connectivity index (χ2n) is 5.93. The molecule has 2 aromatic carbocycles. The van der Waals surface area contributed by atoms with E-state index in [2.05, 4.69) is 12.2 Å². The lowest BCUT2D eigenvalue weighted by Gasteiger charge is -2.21. The summed E-state index contributed by atoms with van der Waals surface area (Å²) in [6, 6.07) is 16.2. The van der Waals surface area contributed by atoms with Crippen LogP contribution in [0.5, 0.6) is 5.75 Å². The zero-order valence-corrected chi connectivity index (χ0v) is 15.4. The molecule has 0 aliphatic heterocycles. The van der Waals surface area contributed by atoms with E-state index in [0.29, 0.717) is 23.5 Å². The molecule has 0 aliphatic carbocycles. The number of ether oxygens (including phenoxy) is 1. The molecule has 2 aromatic rings. The molecule has 0 bridgehead atoms. The topological polar surface area (TPSA) is 58.6 Å². The van der Waals surface area contributed by atoms with Gasteiger partial charge in [-0.05, 0) is 37.6 Å². The predicted molar refractivity (Wildman–Crippen MR) is 103 cm³/mol. The predicted octanol–water partition coefficient (Wildman–Crippen LogP) is 3.97. The van der Waals surface area contributed by atoms with Crippen LogP contribution < -0.4 is 10.1 Å². The Balaban J connectivity index is 2.02. The number of hydrogen-bond donors (Lipinski definition) is 1. The van der Waals surface area contributed by atoms with Gasteiger partial charge in [0.15, 0.2) is 6.61 Å². The molecule has 0 heterocycles. The largest absolute Gasteiger partial charge is 0.483 e. The third-order valence-electron chi connectivity index (χ3n) is 4.03. The van der Waals surface area contributed by atoms with Gasteiger partial charge in [0.2, 0.25) is 0 Å². The highest BCUT2D eigenvalue weighted by atomic mass is 16.5. The fourth-order valence-electron chi connectivity index (χ4n) is 2.54. The van der Waals surface area contributed by atoms with Crippen LogP contribution in [0.3, 0.4) is 0 Å². The molecule has 0 fully saturated rings. The number of para-hydroxylation sites is 2. The summed E-state index contributed by atoms with van der Waals surface area (Å²) in [4.78, 5) is 26.6. The van der Waals surface area contributed by atoms with Crippen LogP contribution >= 0.6 is 0 Å². The fourth-order valence-corrected chi connectivity index (χ4v) is 2.54. The van der Waals surface area contributed by atoms with E-state index >= 15 is 0 Å². The maximum atomic E-state index is 12.5. The van der Waals surface area contributed by atoms with Crippen LogP contribution in [0.2, 0.25) is 0 Å². The molecular weight excluding hydrogens is 328 g/mol. The summed E-state index contributed by atoms with van der Waals surface area (Å²) in [6.07, 6.45) is 2.00. The van der Waals surface area contributed by atoms with Crippen LogP contribution in [0.4, 0.5) is 5.69 Å². The number of amides is 2. The van der Waals surface area contributed by atoms with E-state index in [-0.39, 0.29) is 18.4 Å². The summed E-state index contributed by atoms with van der Waals surface area (Å²) in [5, 5.41) is 2.83. The van der Waals surface area contributed by atoms with Crippen molar-refractivity contribution in [3.05, 3.63) is 60.2 Å². The Bertz CT molecular complexity index is 716. The van der Waals surface area contributed by atoms with Gasteiger partial charge in [0.25, 0.3) is 11.8 Å². The SMILES string of the molecule is CCCCN(CC)C(=O)COc1ccccc1C(=O)Nc1ccccc1. The first-order chi connectivity index (χ1) is 12.7. The molecule has 0 radical (unpaired) electrons. The second kappa shape index (κ2) is 10.2. The van der Waals surface area contributed by atoms with Crippen LogP contribution in [0.1, 0.15) is 37.0 Å². The van der Waals surface area contributed by atoms with Gasteiger partial charge in [-0.2, -0.15) is 0 Å². The summed E-state index contributed by atoms with van der Waals surface area (Å²) in [5.41, 5.74) is 1.11. The van der Waals surface area contributed by atoms with Crippen molar-refractivity contribution in [2.45, 2.75) is 26.7 Å². The van der Waals surface area contributed by atoms with Crippen LogP contribution in [0.25, 0.3) is 0 Å². The fraction of sp³-hybridized carbons (Fsp3) is 0.333. The van der Waals surface area contributed by atoms with Gasteiger partial charge >= 0.3 is 0 Å². The molecule has 0 aromatic heterocycles. The first-order valence-electron chi connectivity index (χ1n) is 9.01. The average Bonchev–Trinajstić information content (AvgIpc) is 2.68. The summed E-state index contributed by atoms with van der Waals surface area (Å²) >= 11 is 0. The van der Waals surface area contributed by atoms with E-state index in [1.54, 1.807) is 29.2 Å². The number of carbonyl (C=O) groups is 2. The van der Waals surface area contributed by atoms with Crippen molar-refractivity contribution in [2.75, 3.05) is 25.0 Å². The van der Waals surface area contributed by atoms with Crippen molar-refractivity contribution in [2.24, 2.45) is 0 Å². The van der Waals surface area contributed by atoms with E-state index in [1.807, 2.05) is 37.3 Å². The third kappa shape index (κ3) is 5.62. The molecule has 2 rings (SSSR count). The maximum Gasteiger partial charge on any atom is 0.260 e. The summed E-state index contributed by atoms with van der Waals surface area (Å²) in [5.74, 6) is 0.0672. The van der Waals surface area contributed by atoms with Crippen LogP contribution in [0, 0.1) is 0 Å². The molecular formula is C21H26N2O3. The van der Waals surface area contributed by atoms with Crippen molar-refractivity contribution >= 4 is 17.5 Å². The lowest BCUT2D eigenvalue weighted by Crippen LogP contribution is -2.35. The number of hydrogen-bond acceptors (Lipinski definition) is 3. The van der Waals surface area contributed by atoms with E-state index in [0.717, 1.165) is 19.4 Å². The smallest absolute Gasteiger partial charge is 0.260 e. The molecule has 2 amide bonds. The number of benzene rings is 2. The molecule has 0 saturated carbocycles. The van der Waals surface area contributed by atoms with Gasteiger partial charge in [0.1, 0.15) is 5.75 Å². The Morgan fingerprint density at radius 1 is 1.00 bits per heavy atom. The van der Waals surface area contributed by atoms with E-state index < -0.39 is 0 Å². The molecule has 1 N–H and O–H groups in total. The van der Waals surface area contributed by atoms with Gasteiger partial charge < -0.3 is 15.0 Å². The minimum absolute atomic E-state index is 0.0702. The first kappa shape index (κ1) is 19.5. The van der Waals surface area contributed by atoms with Crippen molar-refractivity contribution < 1.29 is 14.3 Å². The normalized spacial score (nSPS) is 10.2. The quantitative estimate of drug-likeness (QED) is 0.741. The number of carbonyl (C=O) groups excluding carboxylic acids is 2. The molecule has 0 atom stereocenters. The second-order valence-corrected chi connectivity index (χ2v) is 5.93. The molecule has 26 heavy (non-hydrogen) atoms. The lowest BCUT2D eigenvalue weighted by molar-refractivity contribution is -0.133. The number of anilines is 1.